The average molecular weight is 1040 g/mol. The number of benzene rings is 5. The normalized spacial score (nSPS) is 15.9. The highest BCUT2D eigenvalue weighted by molar-refractivity contribution is 8.18. The van der Waals surface area contributed by atoms with Gasteiger partial charge in [-0.05, 0) is 48.6 Å². The molecule has 1 saturated heterocycles. The molecule has 19 heteroatoms. The van der Waals surface area contributed by atoms with Crippen LogP contribution in [0.1, 0.15) is 60.4 Å². The van der Waals surface area contributed by atoms with Crippen LogP contribution in [-0.2, 0) is 34.2 Å². The first-order chi connectivity index (χ1) is 34.9. The zero-order valence-corrected chi connectivity index (χ0v) is 42.7. The van der Waals surface area contributed by atoms with Crippen LogP contribution in [0.25, 0.3) is 0 Å². The molecule has 0 bridgehead atoms. The first kappa shape index (κ1) is 49.8. The lowest BCUT2D eigenvalue weighted by molar-refractivity contribution is -0.154. The molecule has 72 heavy (non-hydrogen) atoms. The summed E-state index contributed by atoms with van der Waals surface area (Å²) in [5.41, 5.74) is 2.90. The summed E-state index contributed by atoms with van der Waals surface area (Å²) in [6.45, 7) is 5.20. The van der Waals surface area contributed by atoms with Crippen molar-refractivity contribution in [2.45, 2.75) is 54.5 Å². The van der Waals surface area contributed by atoms with Gasteiger partial charge in [-0.3, -0.25) is 19.8 Å². The number of oxime groups is 1. The summed E-state index contributed by atoms with van der Waals surface area (Å²) in [4.78, 5) is 67.0. The standard InChI is InChI=1S/C53H48N8O7S4/c1-52(2,3)68-51(65)56-50-54-39(31-70-50)42(58-66-4)46(62)55-43-47(63)61-44(49(64)67-45(34-20-10-5-11-21-34)35-22-12-6-13-23-35)40(32-69-48(43)61)71-33-72-41-30-60(59-57-41)53(36-24-14-7-15-25-36,37-26-16-8-17-27-37)38-28-18-9-19-29-38/h5-31,43,45,48H,32-33H2,1-4H3,(H,55,62)(H,54,56,65)/t43-,48+/m1/s1. The number of thiazole rings is 1. The maximum Gasteiger partial charge on any atom is 0.413 e. The molecule has 2 aliphatic heterocycles. The Hall–Kier alpha value is -7.19. The summed E-state index contributed by atoms with van der Waals surface area (Å²) in [5.74, 6) is -1.62. The fourth-order valence-corrected chi connectivity index (χ4v) is 12.6. The summed E-state index contributed by atoms with van der Waals surface area (Å²) in [7, 11) is 1.28. The van der Waals surface area contributed by atoms with E-state index in [9.17, 15) is 19.2 Å². The number of β-lactam (4-membered cyclic amide) rings is 1. The van der Waals surface area contributed by atoms with Crippen LogP contribution in [0.15, 0.2) is 184 Å². The lowest BCUT2D eigenvalue weighted by atomic mass is 9.77. The Morgan fingerprint density at radius 2 is 1.36 bits per heavy atom. The Bertz CT molecular complexity index is 2960. The van der Waals surface area contributed by atoms with Gasteiger partial charge in [-0.2, -0.15) is 0 Å². The van der Waals surface area contributed by atoms with Crippen LogP contribution in [0.3, 0.4) is 0 Å². The molecule has 2 N–H and O–H groups in total. The van der Waals surface area contributed by atoms with Crippen molar-refractivity contribution in [1.29, 1.82) is 0 Å². The molecular formula is C53H48N8O7S4. The van der Waals surface area contributed by atoms with E-state index in [4.69, 9.17) is 19.5 Å². The van der Waals surface area contributed by atoms with Crippen molar-refractivity contribution < 1.29 is 33.5 Å². The minimum atomic E-state index is -1.04. The Morgan fingerprint density at radius 3 is 1.90 bits per heavy atom. The largest absolute Gasteiger partial charge is 0.448 e. The van der Waals surface area contributed by atoms with Gasteiger partial charge < -0.3 is 19.6 Å². The number of carbonyl (C=O) groups is 4. The molecule has 0 saturated carbocycles. The Balaban J connectivity index is 0.986. The molecule has 2 aromatic heterocycles. The first-order valence-electron chi connectivity index (χ1n) is 22.7. The number of carbonyl (C=O) groups excluding carboxylic acids is 4. The average Bonchev–Trinajstić information content (AvgIpc) is 4.07. The fourth-order valence-electron chi connectivity index (χ4n) is 8.35. The van der Waals surface area contributed by atoms with Crippen molar-refractivity contribution >= 4 is 81.3 Å². The number of aromatic nitrogens is 4. The van der Waals surface area contributed by atoms with Crippen LogP contribution in [-0.4, -0.2) is 89.4 Å². The van der Waals surface area contributed by atoms with Gasteiger partial charge in [0.2, 0.25) is 0 Å². The highest BCUT2D eigenvalue weighted by Crippen LogP contribution is 2.46. The van der Waals surface area contributed by atoms with Gasteiger partial charge in [0.05, 0.1) is 11.3 Å². The number of esters is 1. The number of nitrogens with one attached hydrogen (secondary N) is 2. The Morgan fingerprint density at radius 1 is 0.806 bits per heavy atom. The molecule has 366 valence electrons. The second-order valence-corrected chi connectivity index (χ2v) is 21.6. The predicted octanol–water partition coefficient (Wildman–Crippen LogP) is 9.70. The van der Waals surface area contributed by atoms with E-state index in [1.807, 2.05) is 126 Å². The highest BCUT2D eigenvalue weighted by Gasteiger charge is 2.55. The molecule has 9 rings (SSSR count). The molecule has 0 spiro atoms. The zero-order valence-electron chi connectivity index (χ0n) is 39.4. The minimum Gasteiger partial charge on any atom is -0.448 e. The fraction of sp³-hybridized carbons (Fsp3) is 0.208. The third-order valence-corrected chi connectivity index (χ3v) is 15.8. The van der Waals surface area contributed by atoms with E-state index in [1.54, 1.807) is 20.8 Å². The summed E-state index contributed by atoms with van der Waals surface area (Å²) in [5, 5.41) is 20.8. The van der Waals surface area contributed by atoms with E-state index in [1.165, 1.54) is 52.7 Å². The van der Waals surface area contributed by atoms with Gasteiger partial charge in [-0.15, -0.1) is 40.0 Å². The van der Waals surface area contributed by atoms with Gasteiger partial charge >= 0.3 is 12.1 Å². The molecule has 2 atom stereocenters. The smallest absolute Gasteiger partial charge is 0.413 e. The van der Waals surface area contributed by atoms with Gasteiger partial charge in [0.15, 0.2) is 16.9 Å². The second-order valence-electron chi connectivity index (χ2n) is 17.2. The maximum atomic E-state index is 14.8. The number of fused-ring (bicyclic) bond motifs is 1. The molecule has 0 radical (unpaired) electrons. The number of hydrogen-bond acceptors (Lipinski definition) is 15. The molecule has 2 aliphatic rings. The lowest BCUT2D eigenvalue weighted by Gasteiger charge is -2.49. The number of rotatable bonds is 17. The number of nitrogens with zero attached hydrogens (tertiary/aromatic N) is 6. The van der Waals surface area contributed by atoms with Crippen molar-refractivity contribution in [3.63, 3.8) is 0 Å². The highest BCUT2D eigenvalue weighted by atomic mass is 32.2. The SMILES string of the molecule is CON=C(C(=O)N[C@@H]1C(=O)N2C(C(=O)OC(c3ccccc3)c3ccccc3)=C(SCSc3cn(C(c4ccccc4)(c4ccccc4)c4ccccc4)nn3)CS[C@@H]12)c1csc(NC(=O)OC(C)(C)C)n1. The van der Waals surface area contributed by atoms with Gasteiger partial charge in [-0.25, -0.2) is 19.3 Å². The van der Waals surface area contributed by atoms with Crippen LogP contribution in [0, 0.1) is 0 Å². The van der Waals surface area contributed by atoms with Crippen LogP contribution in [0.4, 0.5) is 9.93 Å². The minimum absolute atomic E-state index is 0.0970. The van der Waals surface area contributed by atoms with E-state index >= 15 is 0 Å². The molecular weight excluding hydrogens is 989 g/mol. The predicted molar refractivity (Wildman–Crippen MR) is 281 cm³/mol. The molecule has 0 aliphatic carbocycles. The molecule has 5 aromatic carbocycles. The number of amides is 3. The maximum absolute atomic E-state index is 14.8. The van der Waals surface area contributed by atoms with E-state index < -0.39 is 52.5 Å². The molecule has 7 aromatic rings. The molecule has 4 heterocycles. The molecule has 1 fully saturated rings. The Kier molecular flexibility index (Phi) is 15.3. The monoisotopic (exact) mass is 1040 g/mol. The van der Waals surface area contributed by atoms with Crippen molar-refractivity contribution in [1.82, 2.24) is 30.2 Å². The Labute approximate surface area is 432 Å². The van der Waals surface area contributed by atoms with E-state index in [0.29, 0.717) is 20.8 Å². The third-order valence-electron chi connectivity index (χ3n) is 11.4. The van der Waals surface area contributed by atoms with Crippen LogP contribution in [0.2, 0.25) is 0 Å². The number of anilines is 1. The van der Waals surface area contributed by atoms with Gasteiger partial charge in [-0.1, -0.05) is 174 Å². The van der Waals surface area contributed by atoms with Crippen LogP contribution in [0.5, 0.6) is 0 Å². The van der Waals surface area contributed by atoms with Crippen molar-refractivity contribution in [2.75, 3.05) is 23.3 Å². The summed E-state index contributed by atoms with van der Waals surface area (Å²) in [6, 6.07) is 48.4. The van der Waals surface area contributed by atoms with Crippen molar-refractivity contribution in [2.24, 2.45) is 5.16 Å². The van der Waals surface area contributed by atoms with Crippen molar-refractivity contribution in [3.05, 3.63) is 207 Å². The van der Waals surface area contributed by atoms with E-state index in [-0.39, 0.29) is 22.2 Å². The van der Waals surface area contributed by atoms with Gasteiger partial charge in [0, 0.05) is 16.0 Å². The van der Waals surface area contributed by atoms with Crippen LogP contribution >= 0.6 is 46.6 Å². The van der Waals surface area contributed by atoms with E-state index in [2.05, 4.69) is 62.3 Å². The summed E-state index contributed by atoms with van der Waals surface area (Å²) >= 11 is 5.32. The number of hydrogen-bond donors (Lipinski definition) is 2. The molecule has 3 amide bonds. The third kappa shape index (κ3) is 10.7. The second kappa shape index (κ2) is 22.1. The zero-order chi connectivity index (χ0) is 50.2. The van der Waals surface area contributed by atoms with Crippen molar-refractivity contribution in [3.8, 4) is 0 Å². The summed E-state index contributed by atoms with van der Waals surface area (Å²) < 4.78 is 13.6. The van der Waals surface area contributed by atoms with Gasteiger partial charge in [0.1, 0.15) is 46.1 Å². The van der Waals surface area contributed by atoms with Gasteiger partial charge in [0.25, 0.3) is 11.8 Å². The topological polar surface area (TPSA) is 179 Å². The molecule has 15 nitrogen and oxygen atoms in total. The quantitative estimate of drug-likeness (QED) is 0.0168. The lowest BCUT2D eigenvalue weighted by Crippen LogP contribution is -2.71. The number of ether oxygens (including phenoxy) is 2. The van der Waals surface area contributed by atoms with Crippen LogP contribution < -0.4 is 10.6 Å². The summed E-state index contributed by atoms with van der Waals surface area (Å²) in [6.07, 6.45) is 0.433. The molecule has 0 unspecified atom stereocenters. The van der Waals surface area contributed by atoms with E-state index in [0.717, 1.165) is 39.2 Å². The number of thioether (sulfide) groups is 3. The first-order valence-corrected chi connectivity index (χ1v) is 26.6.